The Morgan fingerprint density at radius 3 is 2.79 bits per heavy atom. The fourth-order valence-corrected chi connectivity index (χ4v) is 1.86. The molecule has 2 aromatic rings. The highest BCUT2D eigenvalue weighted by atomic mass is 35.5. The minimum Gasteiger partial charge on any atom is -0.495 e. The first-order valence-electron chi connectivity index (χ1n) is 5.55. The number of methoxy groups -OCH3 is 1. The summed E-state index contributed by atoms with van der Waals surface area (Å²) in [6, 6.07) is 12.6. The van der Waals surface area contributed by atoms with Crippen molar-refractivity contribution in [3.63, 3.8) is 0 Å². The second-order valence-electron chi connectivity index (χ2n) is 3.85. The summed E-state index contributed by atoms with van der Waals surface area (Å²) in [7, 11) is 1.55. The molecule has 96 valence electrons. The van der Waals surface area contributed by atoms with Crippen LogP contribution in [0, 0.1) is 11.3 Å². The van der Waals surface area contributed by atoms with Gasteiger partial charge in [-0.05, 0) is 24.3 Å². The number of halogens is 1. The van der Waals surface area contributed by atoms with Gasteiger partial charge in [-0.25, -0.2) is 0 Å². The first-order chi connectivity index (χ1) is 9.15. The van der Waals surface area contributed by atoms with Crippen molar-refractivity contribution < 1.29 is 4.74 Å². The Kier molecular flexibility index (Phi) is 3.79. The second-order valence-corrected chi connectivity index (χ2v) is 4.26. The number of nitriles is 1. The van der Waals surface area contributed by atoms with E-state index in [1.807, 2.05) is 12.1 Å². The summed E-state index contributed by atoms with van der Waals surface area (Å²) in [5, 5.41) is 12.6. The number of nitrogens with zero attached hydrogens (tertiary/aromatic N) is 1. The third-order valence-electron chi connectivity index (χ3n) is 2.66. The van der Waals surface area contributed by atoms with E-state index in [4.69, 9.17) is 27.3 Å². The minimum absolute atomic E-state index is 0.416. The van der Waals surface area contributed by atoms with E-state index in [0.29, 0.717) is 27.7 Å². The van der Waals surface area contributed by atoms with Gasteiger partial charge in [-0.1, -0.05) is 17.7 Å². The first kappa shape index (κ1) is 13.1. The predicted molar refractivity (Wildman–Crippen MR) is 76.9 cm³/mol. The van der Waals surface area contributed by atoms with Gasteiger partial charge in [0.2, 0.25) is 0 Å². The maximum absolute atomic E-state index is 8.93. The van der Waals surface area contributed by atoms with Crippen LogP contribution in [0.25, 0.3) is 0 Å². The van der Waals surface area contributed by atoms with Crippen LogP contribution in [0.1, 0.15) is 5.56 Å². The van der Waals surface area contributed by atoms with E-state index in [1.54, 1.807) is 37.4 Å². The maximum atomic E-state index is 8.93. The van der Waals surface area contributed by atoms with E-state index in [1.165, 1.54) is 0 Å². The van der Waals surface area contributed by atoms with Gasteiger partial charge in [0.1, 0.15) is 11.8 Å². The summed E-state index contributed by atoms with van der Waals surface area (Å²) in [5.41, 5.74) is 8.20. The molecule has 0 spiro atoms. The molecule has 0 heterocycles. The van der Waals surface area contributed by atoms with E-state index < -0.39 is 0 Å². The number of ether oxygens (including phenoxy) is 1. The van der Waals surface area contributed by atoms with E-state index in [-0.39, 0.29) is 0 Å². The zero-order chi connectivity index (χ0) is 13.8. The van der Waals surface area contributed by atoms with Crippen molar-refractivity contribution in [1.29, 1.82) is 5.26 Å². The molecule has 0 saturated heterocycles. The molecule has 0 amide bonds. The van der Waals surface area contributed by atoms with Crippen molar-refractivity contribution >= 4 is 28.7 Å². The molecule has 5 heteroatoms. The van der Waals surface area contributed by atoms with Crippen LogP contribution in [-0.2, 0) is 0 Å². The van der Waals surface area contributed by atoms with Gasteiger partial charge in [-0.2, -0.15) is 5.26 Å². The molecule has 0 aliphatic heterocycles. The van der Waals surface area contributed by atoms with Crippen LogP contribution < -0.4 is 15.8 Å². The van der Waals surface area contributed by atoms with Gasteiger partial charge in [0.15, 0.2) is 0 Å². The van der Waals surface area contributed by atoms with E-state index in [2.05, 4.69) is 5.32 Å². The van der Waals surface area contributed by atoms with Crippen molar-refractivity contribution in [1.82, 2.24) is 0 Å². The van der Waals surface area contributed by atoms with E-state index in [9.17, 15) is 0 Å². The fraction of sp³-hybridized carbons (Fsp3) is 0.0714. The number of hydrogen-bond acceptors (Lipinski definition) is 4. The molecule has 0 bridgehead atoms. The molecule has 0 fully saturated rings. The normalized spacial score (nSPS) is 9.74. The molecular formula is C14H12ClN3O. The van der Waals surface area contributed by atoms with E-state index in [0.717, 1.165) is 5.69 Å². The molecule has 2 aromatic carbocycles. The van der Waals surface area contributed by atoms with Crippen LogP contribution in [0.5, 0.6) is 5.75 Å². The Balaban J connectivity index is 2.34. The summed E-state index contributed by atoms with van der Waals surface area (Å²) in [6.07, 6.45) is 0. The quantitative estimate of drug-likeness (QED) is 0.839. The lowest BCUT2D eigenvalue weighted by Gasteiger charge is -2.11. The maximum Gasteiger partial charge on any atom is 0.139 e. The largest absolute Gasteiger partial charge is 0.495 e. The average molecular weight is 274 g/mol. The minimum atomic E-state index is 0.416. The molecule has 3 N–H and O–H groups in total. The Bertz CT molecular complexity index is 650. The molecule has 0 aliphatic rings. The zero-order valence-corrected chi connectivity index (χ0v) is 11.0. The number of anilines is 3. The molecule has 0 radical (unpaired) electrons. The summed E-state index contributed by atoms with van der Waals surface area (Å²) in [4.78, 5) is 0. The molecule has 0 aliphatic carbocycles. The number of rotatable bonds is 3. The van der Waals surface area contributed by atoms with Crippen LogP contribution in [0.4, 0.5) is 17.1 Å². The van der Waals surface area contributed by atoms with Gasteiger partial charge in [-0.3, -0.25) is 0 Å². The molecule has 4 nitrogen and oxygen atoms in total. The van der Waals surface area contributed by atoms with Crippen molar-refractivity contribution in [2.45, 2.75) is 0 Å². The summed E-state index contributed by atoms with van der Waals surface area (Å²) >= 11 is 5.96. The van der Waals surface area contributed by atoms with Crippen LogP contribution >= 0.6 is 11.6 Å². The predicted octanol–water partition coefficient (Wildman–Crippen LogP) is 3.55. The van der Waals surface area contributed by atoms with Crippen molar-refractivity contribution in [3.05, 3.63) is 47.0 Å². The molecule has 0 atom stereocenters. The standard InChI is InChI=1S/C14H12ClN3O/c1-19-13-7-10(5-6-11(13)15)18-12-4-2-3-9(8-16)14(12)17/h2-7,18H,17H2,1H3. The van der Waals surface area contributed by atoms with E-state index >= 15 is 0 Å². The van der Waals surface area contributed by atoms with Crippen LogP contribution in [-0.4, -0.2) is 7.11 Å². The van der Waals surface area contributed by atoms with Gasteiger partial charge < -0.3 is 15.8 Å². The van der Waals surface area contributed by atoms with Crippen molar-refractivity contribution in [2.75, 3.05) is 18.2 Å². The summed E-state index contributed by atoms with van der Waals surface area (Å²) in [5.74, 6) is 0.571. The summed E-state index contributed by atoms with van der Waals surface area (Å²) < 4.78 is 5.14. The SMILES string of the molecule is COc1cc(Nc2cccc(C#N)c2N)ccc1Cl. The lowest BCUT2D eigenvalue weighted by molar-refractivity contribution is 0.415. The lowest BCUT2D eigenvalue weighted by Crippen LogP contribution is -1.99. The monoisotopic (exact) mass is 273 g/mol. The van der Waals surface area contributed by atoms with Crippen molar-refractivity contribution in [2.24, 2.45) is 0 Å². The molecular weight excluding hydrogens is 262 g/mol. The smallest absolute Gasteiger partial charge is 0.139 e. The highest BCUT2D eigenvalue weighted by Crippen LogP contribution is 2.31. The number of nitrogens with two attached hydrogens (primary N) is 1. The molecule has 19 heavy (non-hydrogen) atoms. The number of hydrogen-bond donors (Lipinski definition) is 2. The Morgan fingerprint density at radius 1 is 1.32 bits per heavy atom. The number of nitrogens with one attached hydrogen (secondary N) is 1. The van der Waals surface area contributed by atoms with Crippen LogP contribution in [0.2, 0.25) is 5.02 Å². The zero-order valence-electron chi connectivity index (χ0n) is 10.3. The van der Waals surface area contributed by atoms with Gasteiger partial charge in [0, 0.05) is 11.8 Å². The molecule has 2 rings (SSSR count). The summed E-state index contributed by atoms with van der Waals surface area (Å²) in [6.45, 7) is 0. The lowest BCUT2D eigenvalue weighted by atomic mass is 10.1. The fourth-order valence-electron chi connectivity index (χ4n) is 1.66. The Hall–Kier alpha value is -2.38. The van der Waals surface area contributed by atoms with Gasteiger partial charge >= 0.3 is 0 Å². The third kappa shape index (κ3) is 2.72. The topological polar surface area (TPSA) is 71.1 Å². The molecule has 0 aromatic heterocycles. The Labute approximate surface area is 116 Å². The Morgan fingerprint density at radius 2 is 2.11 bits per heavy atom. The van der Waals surface area contributed by atoms with Crippen molar-refractivity contribution in [3.8, 4) is 11.8 Å². The number of benzene rings is 2. The second kappa shape index (κ2) is 5.51. The highest BCUT2D eigenvalue weighted by molar-refractivity contribution is 6.32. The van der Waals surface area contributed by atoms with Gasteiger partial charge in [0.05, 0.1) is 29.1 Å². The van der Waals surface area contributed by atoms with Gasteiger partial charge in [0.25, 0.3) is 0 Å². The van der Waals surface area contributed by atoms with Crippen LogP contribution in [0.15, 0.2) is 36.4 Å². The first-order valence-corrected chi connectivity index (χ1v) is 5.92. The highest BCUT2D eigenvalue weighted by Gasteiger charge is 2.06. The molecule has 0 unspecified atom stereocenters. The molecule has 0 saturated carbocycles. The van der Waals surface area contributed by atoms with Gasteiger partial charge in [-0.15, -0.1) is 0 Å². The number of para-hydroxylation sites is 1. The average Bonchev–Trinajstić information content (AvgIpc) is 2.43. The third-order valence-corrected chi connectivity index (χ3v) is 2.97. The number of nitrogen functional groups attached to an aromatic ring is 1. The van der Waals surface area contributed by atoms with Crippen LogP contribution in [0.3, 0.4) is 0 Å².